The van der Waals surface area contributed by atoms with Crippen LogP contribution >= 0.6 is 0 Å². The third-order valence-corrected chi connectivity index (χ3v) is 8.00. The fraction of sp³-hybridized carbons (Fsp3) is 0.344. The summed E-state index contributed by atoms with van der Waals surface area (Å²) in [5.74, 6) is -0.254. The minimum Gasteiger partial charge on any atom is -0.508 e. The van der Waals surface area contributed by atoms with Gasteiger partial charge in [-0.05, 0) is 47.9 Å². The normalized spacial score (nSPS) is 19.1. The number of phenolic OH excluding ortho intramolecular Hbond substituents is 1. The second-order valence-electron chi connectivity index (χ2n) is 10.9. The average molecular weight is 571 g/mol. The van der Waals surface area contributed by atoms with Gasteiger partial charge >= 0.3 is 6.03 Å². The molecule has 2 saturated heterocycles. The van der Waals surface area contributed by atoms with Crippen LogP contribution in [0.3, 0.4) is 0 Å². The first-order valence-electron chi connectivity index (χ1n) is 14.2. The molecule has 4 amide bonds. The highest BCUT2D eigenvalue weighted by Crippen LogP contribution is 2.29. The highest BCUT2D eigenvalue weighted by atomic mass is 16.3. The second-order valence-corrected chi connectivity index (χ2v) is 10.9. The van der Waals surface area contributed by atoms with Gasteiger partial charge in [0, 0.05) is 45.8 Å². The van der Waals surface area contributed by atoms with E-state index in [-0.39, 0.29) is 43.1 Å². The third-order valence-electron chi connectivity index (χ3n) is 8.00. The van der Waals surface area contributed by atoms with Crippen LogP contribution in [0.4, 0.5) is 10.5 Å². The zero-order valence-corrected chi connectivity index (χ0v) is 24.3. The molecule has 0 radical (unpaired) electrons. The second kappa shape index (κ2) is 12.5. The van der Waals surface area contributed by atoms with E-state index in [1.54, 1.807) is 51.1 Å². The number of carbonyl (C=O) groups excluding carboxylic acids is 3. The van der Waals surface area contributed by atoms with Crippen molar-refractivity contribution in [1.29, 1.82) is 0 Å². The summed E-state index contributed by atoms with van der Waals surface area (Å²) >= 11 is 0. The molecular formula is C32H38N6O4. The average Bonchev–Trinajstić information content (AvgIpc) is 2.99. The number of likely N-dealkylation sites (N-methyl/N-ethyl adjacent to an activating group) is 1. The summed E-state index contributed by atoms with van der Waals surface area (Å²) in [5, 5.41) is 16.0. The Morgan fingerprint density at radius 2 is 1.69 bits per heavy atom. The maximum Gasteiger partial charge on any atom is 0.334 e. The van der Waals surface area contributed by atoms with Crippen LogP contribution in [0.1, 0.15) is 23.6 Å². The molecule has 2 aliphatic heterocycles. The Balaban J connectivity index is 1.46. The van der Waals surface area contributed by atoms with E-state index in [2.05, 4.69) is 23.2 Å². The number of urea groups is 1. The molecule has 2 aliphatic rings. The van der Waals surface area contributed by atoms with E-state index in [0.29, 0.717) is 13.1 Å². The largest absolute Gasteiger partial charge is 0.508 e. The quantitative estimate of drug-likeness (QED) is 0.432. The summed E-state index contributed by atoms with van der Waals surface area (Å²) in [6.07, 6.45) is -0.423. The number of aromatic hydroxyl groups is 1. The third kappa shape index (κ3) is 6.18. The smallest absolute Gasteiger partial charge is 0.334 e. The summed E-state index contributed by atoms with van der Waals surface area (Å²) in [4.78, 5) is 46.7. The summed E-state index contributed by atoms with van der Waals surface area (Å²) < 4.78 is 0. The van der Waals surface area contributed by atoms with Crippen molar-refractivity contribution >= 4 is 23.5 Å². The Morgan fingerprint density at radius 1 is 0.976 bits per heavy atom. The number of phenols is 1. The van der Waals surface area contributed by atoms with Crippen LogP contribution < -0.4 is 10.2 Å². The lowest BCUT2D eigenvalue weighted by Gasteiger charge is -2.54. The van der Waals surface area contributed by atoms with Crippen molar-refractivity contribution < 1.29 is 19.5 Å². The van der Waals surface area contributed by atoms with Gasteiger partial charge in [-0.3, -0.25) is 9.59 Å². The van der Waals surface area contributed by atoms with Crippen molar-refractivity contribution in [2.45, 2.75) is 38.6 Å². The van der Waals surface area contributed by atoms with Gasteiger partial charge < -0.3 is 25.1 Å². The van der Waals surface area contributed by atoms with Crippen molar-refractivity contribution in [3.8, 4) is 5.75 Å². The molecule has 10 nitrogen and oxygen atoms in total. The van der Waals surface area contributed by atoms with Gasteiger partial charge in [0.15, 0.2) is 0 Å². The summed E-state index contributed by atoms with van der Waals surface area (Å²) in [5.41, 5.74) is 3.79. The number of rotatable bonds is 8. The fourth-order valence-electron chi connectivity index (χ4n) is 5.65. The van der Waals surface area contributed by atoms with Gasteiger partial charge in [-0.1, -0.05) is 54.6 Å². The molecule has 2 N–H and O–H groups in total. The van der Waals surface area contributed by atoms with E-state index in [0.717, 1.165) is 28.9 Å². The molecule has 2 heterocycles. The maximum atomic E-state index is 14.1. The molecule has 3 aromatic carbocycles. The SMILES string of the molecule is CCN(C)c1cccc(CN2C[C@H]3N(C(=O)CN(C)N3C(=O)NCc3ccccc3)[C@@H](Cc3ccc(O)cc3)C2=O)c1. The van der Waals surface area contributed by atoms with Crippen LogP contribution in [0, 0.1) is 0 Å². The molecule has 0 aliphatic carbocycles. The van der Waals surface area contributed by atoms with Gasteiger partial charge in [-0.2, -0.15) is 0 Å². The number of hydrogen-bond acceptors (Lipinski definition) is 6. The number of fused-ring (bicyclic) bond motifs is 1. The number of anilines is 1. The molecule has 2 atom stereocenters. The van der Waals surface area contributed by atoms with E-state index >= 15 is 0 Å². The molecule has 220 valence electrons. The van der Waals surface area contributed by atoms with E-state index < -0.39 is 12.2 Å². The summed E-state index contributed by atoms with van der Waals surface area (Å²) in [7, 11) is 3.74. The molecular weight excluding hydrogens is 532 g/mol. The first-order valence-corrected chi connectivity index (χ1v) is 14.2. The van der Waals surface area contributed by atoms with Crippen molar-refractivity contribution in [3.63, 3.8) is 0 Å². The standard InChI is InChI=1S/C32H38N6O4/c1-4-34(2)26-12-8-11-25(17-26)20-36-21-29-37(28(31(36)41)18-23-13-15-27(39)16-14-23)30(40)22-35(3)38(29)32(42)33-19-24-9-6-5-7-10-24/h5-17,28-29,39H,4,18-22H2,1-3H3,(H,33,42)/t28-,29-/m0/s1. The zero-order chi connectivity index (χ0) is 29.8. The van der Waals surface area contributed by atoms with Gasteiger partial charge in [-0.15, -0.1) is 0 Å². The van der Waals surface area contributed by atoms with E-state index in [1.807, 2.05) is 55.6 Å². The van der Waals surface area contributed by atoms with Crippen LogP contribution in [0.15, 0.2) is 78.9 Å². The molecule has 0 spiro atoms. The van der Waals surface area contributed by atoms with E-state index in [9.17, 15) is 19.5 Å². The van der Waals surface area contributed by atoms with Gasteiger partial charge in [0.1, 0.15) is 18.0 Å². The molecule has 2 fully saturated rings. The van der Waals surface area contributed by atoms with Crippen molar-refractivity contribution in [1.82, 2.24) is 25.1 Å². The van der Waals surface area contributed by atoms with Crippen LogP contribution in [0.5, 0.6) is 5.75 Å². The Kier molecular flexibility index (Phi) is 8.63. The number of carbonyl (C=O) groups is 3. The number of piperazine rings is 1. The van der Waals surface area contributed by atoms with Crippen LogP contribution in [-0.4, -0.2) is 88.7 Å². The Morgan fingerprint density at radius 3 is 2.40 bits per heavy atom. The fourth-order valence-corrected chi connectivity index (χ4v) is 5.65. The topological polar surface area (TPSA) is 99.7 Å². The number of hydrazine groups is 1. The monoisotopic (exact) mass is 570 g/mol. The Hall–Kier alpha value is -4.57. The maximum absolute atomic E-state index is 14.1. The molecule has 0 bridgehead atoms. The molecule has 0 unspecified atom stereocenters. The van der Waals surface area contributed by atoms with E-state index in [4.69, 9.17) is 0 Å². The number of hydrogen-bond donors (Lipinski definition) is 2. The first kappa shape index (κ1) is 28.9. The summed E-state index contributed by atoms with van der Waals surface area (Å²) in [6, 6.07) is 23.2. The number of amides is 4. The molecule has 10 heteroatoms. The Bertz CT molecular complexity index is 1420. The molecule has 42 heavy (non-hydrogen) atoms. The lowest BCUT2D eigenvalue weighted by atomic mass is 9.98. The number of nitrogens with one attached hydrogen (secondary N) is 1. The van der Waals surface area contributed by atoms with Crippen LogP contribution in [-0.2, 0) is 29.1 Å². The summed E-state index contributed by atoms with van der Waals surface area (Å²) in [6.45, 7) is 3.75. The lowest BCUT2D eigenvalue weighted by Crippen LogP contribution is -2.76. The minimum atomic E-state index is -0.805. The molecule has 0 saturated carbocycles. The van der Waals surface area contributed by atoms with E-state index in [1.165, 1.54) is 0 Å². The molecule has 3 aromatic rings. The predicted molar refractivity (Wildman–Crippen MR) is 160 cm³/mol. The first-order chi connectivity index (χ1) is 20.2. The van der Waals surface area contributed by atoms with Crippen molar-refractivity contribution in [2.75, 3.05) is 38.6 Å². The number of benzene rings is 3. The van der Waals surface area contributed by atoms with Gasteiger partial charge in [0.05, 0.1) is 13.1 Å². The van der Waals surface area contributed by atoms with Crippen molar-refractivity contribution in [2.24, 2.45) is 0 Å². The highest BCUT2D eigenvalue weighted by Gasteiger charge is 2.50. The molecule has 0 aromatic heterocycles. The van der Waals surface area contributed by atoms with Gasteiger partial charge in [0.25, 0.3) is 0 Å². The number of nitrogens with zero attached hydrogens (tertiary/aromatic N) is 5. The lowest BCUT2D eigenvalue weighted by molar-refractivity contribution is -0.187. The Labute approximate surface area is 246 Å². The van der Waals surface area contributed by atoms with Crippen molar-refractivity contribution in [3.05, 3.63) is 95.6 Å². The minimum absolute atomic E-state index is 0.0278. The van der Waals surface area contributed by atoms with Gasteiger partial charge in [-0.25, -0.2) is 14.8 Å². The molecule has 5 rings (SSSR count). The highest BCUT2D eigenvalue weighted by molar-refractivity contribution is 5.91. The van der Waals surface area contributed by atoms with Crippen LogP contribution in [0.2, 0.25) is 0 Å². The zero-order valence-electron chi connectivity index (χ0n) is 24.3. The van der Waals surface area contributed by atoms with Gasteiger partial charge in [0.2, 0.25) is 11.8 Å². The van der Waals surface area contributed by atoms with Crippen LogP contribution in [0.25, 0.3) is 0 Å². The predicted octanol–water partition coefficient (Wildman–Crippen LogP) is 3.03.